The molecule has 1 aliphatic rings. The normalized spacial score (nSPS) is 16.9. The van der Waals surface area contributed by atoms with E-state index in [1.165, 1.54) is 25.3 Å². The van der Waals surface area contributed by atoms with E-state index in [0.717, 1.165) is 0 Å². The first-order chi connectivity index (χ1) is 12.2. The van der Waals surface area contributed by atoms with Gasteiger partial charge in [-0.3, -0.25) is 4.79 Å². The standard InChI is InChI=1S/C18H16F3NO4/c1-26-16-7-13-11(6-15(16)24)8-22(17(25)18(19,20)21)9-14(13)10-2-4-12(23)5-3-10/h2-7,14,23-24H,8-9H2,1H3. The smallest absolute Gasteiger partial charge is 0.471 e. The molecule has 1 unspecified atom stereocenters. The molecule has 2 N–H and O–H groups in total. The topological polar surface area (TPSA) is 70.0 Å². The Hall–Kier alpha value is -2.90. The number of phenols is 2. The van der Waals surface area contributed by atoms with Crippen LogP contribution < -0.4 is 4.74 Å². The van der Waals surface area contributed by atoms with Crippen molar-refractivity contribution in [3.63, 3.8) is 0 Å². The summed E-state index contributed by atoms with van der Waals surface area (Å²) in [6.45, 7) is -0.441. The number of aromatic hydroxyl groups is 2. The molecule has 1 heterocycles. The van der Waals surface area contributed by atoms with Crippen molar-refractivity contribution in [1.29, 1.82) is 0 Å². The van der Waals surface area contributed by atoms with Crippen LogP contribution in [0, 0.1) is 0 Å². The Morgan fingerprint density at radius 1 is 1.19 bits per heavy atom. The van der Waals surface area contributed by atoms with E-state index in [1.54, 1.807) is 18.2 Å². The molecule has 0 bridgehead atoms. The molecule has 2 aromatic rings. The highest BCUT2D eigenvalue weighted by Crippen LogP contribution is 2.40. The Labute approximate surface area is 147 Å². The van der Waals surface area contributed by atoms with Gasteiger partial charge < -0.3 is 19.8 Å². The molecule has 26 heavy (non-hydrogen) atoms. The van der Waals surface area contributed by atoms with Crippen molar-refractivity contribution in [1.82, 2.24) is 4.90 Å². The fourth-order valence-corrected chi connectivity index (χ4v) is 3.17. The zero-order chi connectivity index (χ0) is 19.1. The summed E-state index contributed by atoms with van der Waals surface area (Å²) in [7, 11) is 1.37. The predicted molar refractivity (Wildman–Crippen MR) is 86.1 cm³/mol. The number of methoxy groups -OCH3 is 1. The predicted octanol–water partition coefficient (Wildman–Crippen LogP) is 3.14. The molecule has 8 heteroatoms. The van der Waals surface area contributed by atoms with E-state index in [0.29, 0.717) is 21.6 Å². The van der Waals surface area contributed by atoms with Crippen LogP contribution in [-0.2, 0) is 11.3 Å². The first-order valence-corrected chi connectivity index (χ1v) is 7.75. The van der Waals surface area contributed by atoms with Crippen molar-refractivity contribution >= 4 is 5.91 Å². The number of hydrogen-bond acceptors (Lipinski definition) is 4. The zero-order valence-corrected chi connectivity index (χ0v) is 13.7. The van der Waals surface area contributed by atoms with E-state index in [1.807, 2.05) is 0 Å². The third kappa shape index (κ3) is 3.26. The number of hydrogen-bond donors (Lipinski definition) is 2. The van der Waals surface area contributed by atoms with Crippen LogP contribution in [0.25, 0.3) is 0 Å². The van der Waals surface area contributed by atoms with Gasteiger partial charge in [0.1, 0.15) is 5.75 Å². The number of halogens is 3. The number of alkyl halides is 3. The van der Waals surface area contributed by atoms with Crippen molar-refractivity contribution < 1.29 is 32.9 Å². The van der Waals surface area contributed by atoms with Gasteiger partial charge in [-0.15, -0.1) is 0 Å². The molecule has 0 aliphatic carbocycles. The second-order valence-corrected chi connectivity index (χ2v) is 6.05. The summed E-state index contributed by atoms with van der Waals surface area (Å²) in [5.74, 6) is -2.47. The molecule has 1 atom stereocenters. The van der Waals surface area contributed by atoms with Gasteiger partial charge in [0.2, 0.25) is 0 Å². The van der Waals surface area contributed by atoms with E-state index >= 15 is 0 Å². The summed E-state index contributed by atoms with van der Waals surface area (Å²) in [5, 5.41) is 19.4. The lowest BCUT2D eigenvalue weighted by Gasteiger charge is -2.35. The van der Waals surface area contributed by atoms with Crippen LogP contribution in [-0.4, -0.2) is 40.9 Å². The SMILES string of the molecule is COc1cc2c(cc1O)CN(C(=O)C(F)(F)F)CC2c1ccc(O)cc1. The maximum atomic E-state index is 12.9. The summed E-state index contributed by atoms with van der Waals surface area (Å²) in [4.78, 5) is 12.5. The van der Waals surface area contributed by atoms with Gasteiger partial charge in [-0.2, -0.15) is 13.2 Å². The van der Waals surface area contributed by atoms with E-state index in [-0.39, 0.29) is 30.3 Å². The van der Waals surface area contributed by atoms with Gasteiger partial charge >= 0.3 is 12.1 Å². The number of nitrogens with zero attached hydrogens (tertiary/aromatic N) is 1. The second kappa shape index (κ2) is 6.44. The number of phenolic OH excluding ortho intramolecular Hbond substituents is 2. The Morgan fingerprint density at radius 2 is 1.85 bits per heavy atom. The molecule has 0 radical (unpaired) electrons. The molecule has 5 nitrogen and oxygen atoms in total. The van der Waals surface area contributed by atoms with Gasteiger partial charge in [-0.1, -0.05) is 12.1 Å². The molecular weight excluding hydrogens is 351 g/mol. The van der Waals surface area contributed by atoms with Crippen LogP contribution in [0.15, 0.2) is 36.4 Å². The average molecular weight is 367 g/mol. The number of rotatable bonds is 2. The highest BCUT2D eigenvalue weighted by atomic mass is 19.4. The van der Waals surface area contributed by atoms with Crippen LogP contribution in [0.1, 0.15) is 22.6 Å². The van der Waals surface area contributed by atoms with Gasteiger partial charge in [0.05, 0.1) is 7.11 Å². The highest BCUT2D eigenvalue weighted by Gasteiger charge is 2.44. The lowest BCUT2D eigenvalue weighted by molar-refractivity contribution is -0.186. The summed E-state index contributed by atoms with van der Waals surface area (Å²) in [6, 6.07) is 8.92. The van der Waals surface area contributed by atoms with Crippen LogP contribution in [0.5, 0.6) is 17.2 Å². The summed E-state index contributed by atoms with van der Waals surface area (Å²) >= 11 is 0. The molecule has 0 fully saturated rings. The van der Waals surface area contributed by atoms with Gasteiger partial charge in [0.25, 0.3) is 0 Å². The molecular formula is C18H16F3NO4. The minimum absolute atomic E-state index is 0.0243. The van der Waals surface area contributed by atoms with Gasteiger partial charge in [-0.05, 0) is 41.0 Å². The molecule has 0 saturated heterocycles. The molecule has 2 aromatic carbocycles. The van der Waals surface area contributed by atoms with Gasteiger partial charge in [0, 0.05) is 19.0 Å². The molecule has 1 aliphatic heterocycles. The number of benzene rings is 2. The second-order valence-electron chi connectivity index (χ2n) is 6.05. The van der Waals surface area contributed by atoms with Crippen molar-refractivity contribution in [2.75, 3.05) is 13.7 Å². The van der Waals surface area contributed by atoms with E-state index in [4.69, 9.17) is 4.74 Å². The fraction of sp³-hybridized carbons (Fsp3) is 0.278. The minimum atomic E-state index is -4.98. The molecule has 138 valence electrons. The van der Waals surface area contributed by atoms with Crippen LogP contribution in [0.3, 0.4) is 0 Å². The third-order valence-electron chi connectivity index (χ3n) is 4.41. The minimum Gasteiger partial charge on any atom is -0.508 e. The number of ether oxygens (including phenoxy) is 1. The average Bonchev–Trinajstić information content (AvgIpc) is 2.59. The van der Waals surface area contributed by atoms with Crippen molar-refractivity contribution in [3.8, 4) is 17.2 Å². The van der Waals surface area contributed by atoms with E-state index < -0.39 is 18.0 Å². The summed E-state index contributed by atoms with van der Waals surface area (Å²) in [6.07, 6.45) is -4.98. The lowest BCUT2D eigenvalue weighted by atomic mass is 9.84. The Morgan fingerprint density at radius 3 is 2.42 bits per heavy atom. The molecule has 1 amide bonds. The number of carbonyl (C=O) groups is 1. The first kappa shape index (κ1) is 17.9. The Bertz CT molecular complexity index is 834. The van der Waals surface area contributed by atoms with Gasteiger partial charge in [-0.25, -0.2) is 0 Å². The molecule has 0 saturated carbocycles. The van der Waals surface area contributed by atoms with Crippen molar-refractivity contribution in [2.24, 2.45) is 0 Å². The number of fused-ring (bicyclic) bond motifs is 1. The Balaban J connectivity index is 2.09. The van der Waals surface area contributed by atoms with Crippen molar-refractivity contribution in [2.45, 2.75) is 18.6 Å². The fourth-order valence-electron chi connectivity index (χ4n) is 3.17. The maximum Gasteiger partial charge on any atom is 0.471 e. The maximum absolute atomic E-state index is 12.9. The zero-order valence-electron chi connectivity index (χ0n) is 13.7. The van der Waals surface area contributed by atoms with E-state index in [2.05, 4.69) is 0 Å². The number of amides is 1. The molecule has 3 rings (SSSR count). The Kier molecular flexibility index (Phi) is 4.43. The van der Waals surface area contributed by atoms with E-state index in [9.17, 15) is 28.2 Å². The summed E-state index contributed by atoms with van der Waals surface area (Å²) in [5.41, 5.74) is 1.71. The quantitative estimate of drug-likeness (QED) is 0.856. The van der Waals surface area contributed by atoms with Crippen LogP contribution in [0.2, 0.25) is 0 Å². The monoisotopic (exact) mass is 367 g/mol. The first-order valence-electron chi connectivity index (χ1n) is 7.75. The third-order valence-corrected chi connectivity index (χ3v) is 4.41. The molecule has 0 aromatic heterocycles. The van der Waals surface area contributed by atoms with Crippen LogP contribution >= 0.6 is 0 Å². The van der Waals surface area contributed by atoms with Gasteiger partial charge in [0.15, 0.2) is 11.5 Å². The molecule has 0 spiro atoms. The summed E-state index contributed by atoms with van der Waals surface area (Å²) < 4.78 is 43.8. The lowest BCUT2D eigenvalue weighted by Crippen LogP contribution is -2.45. The number of carbonyl (C=O) groups excluding carboxylic acids is 1. The largest absolute Gasteiger partial charge is 0.508 e. The van der Waals surface area contributed by atoms with Crippen LogP contribution in [0.4, 0.5) is 13.2 Å². The van der Waals surface area contributed by atoms with Crippen molar-refractivity contribution in [3.05, 3.63) is 53.1 Å². The highest BCUT2D eigenvalue weighted by molar-refractivity contribution is 5.82.